The zero-order chi connectivity index (χ0) is 18.2. The number of aryl methyl sites for hydroxylation is 1. The van der Waals surface area contributed by atoms with Crippen molar-refractivity contribution in [2.24, 2.45) is 0 Å². The van der Waals surface area contributed by atoms with Gasteiger partial charge >= 0.3 is 0 Å². The van der Waals surface area contributed by atoms with E-state index < -0.39 is 0 Å². The number of carbonyl (C=O) groups is 2. The molecule has 2 amide bonds. The summed E-state index contributed by atoms with van der Waals surface area (Å²) in [6, 6.07) is 12.6. The third-order valence-electron chi connectivity index (χ3n) is 3.67. The number of hydrogen-bond donors (Lipinski definition) is 2. The van der Waals surface area contributed by atoms with Crippen LogP contribution in [-0.2, 0) is 4.79 Å². The molecule has 0 spiro atoms. The average molecular weight is 405 g/mol. The molecule has 0 heterocycles. The van der Waals surface area contributed by atoms with Gasteiger partial charge in [-0.2, -0.15) is 0 Å². The van der Waals surface area contributed by atoms with E-state index in [4.69, 9.17) is 4.74 Å². The number of anilines is 1. The quantitative estimate of drug-likeness (QED) is 0.687. The van der Waals surface area contributed by atoms with Gasteiger partial charge in [0, 0.05) is 28.7 Å². The molecule has 5 nitrogen and oxygen atoms in total. The van der Waals surface area contributed by atoms with Crippen molar-refractivity contribution in [2.75, 3.05) is 19.0 Å². The van der Waals surface area contributed by atoms with E-state index in [0.717, 1.165) is 15.7 Å². The van der Waals surface area contributed by atoms with E-state index in [1.54, 1.807) is 31.4 Å². The normalized spacial score (nSPS) is 10.2. The van der Waals surface area contributed by atoms with Crippen molar-refractivity contribution >= 4 is 33.4 Å². The summed E-state index contributed by atoms with van der Waals surface area (Å²) in [5.74, 6) is 0.468. The topological polar surface area (TPSA) is 67.4 Å². The van der Waals surface area contributed by atoms with E-state index in [-0.39, 0.29) is 11.8 Å². The van der Waals surface area contributed by atoms with Gasteiger partial charge in [0.25, 0.3) is 5.91 Å². The van der Waals surface area contributed by atoms with Gasteiger partial charge < -0.3 is 15.4 Å². The van der Waals surface area contributed by atoms with Crippen molar-refractivity contribution in [3.8, 4) is 5.75 Å². The molecule has 0 bridgehead atoms. The standard InChI is InChI=1S/C19H21BrN2O3/c1-13-5-8-15(12-17(13)20)22-18(23)4-3-11-21-19(24)14-6-9-16(25-2)10-7-14/h5-10,12H,3-4,11H2,1-2H3,(H,21,24)(H,22,23). The average Bonchev–Trinajstić information content (AvgIpc) is 2.62. The number of ether oxygens (including phenoxy) is 1. The van der Waals surface area contributed by atoms with Crippen LogP contribution in [0.3, 0.4) is 0 Å². The van der Waals surface area contributed by atoms with Crippen molar-refractivity contribution in [1.29, 1.82) is 0 Å². The lowest BCUT2D eigenvalue weighted by Crippen LogP contribution is -2.25. The minimum atomic E-state index is -0.162. The third kappa shape index (κ3) is 5.90. The van der Waals surface area contributed by atoms with Crippen molar-refractivity contribution < 1.29 is 14.3 Å². The molecule has 0 aliphatic rings. The molecular weight excluding hydrogens is 384 g/mol. The maximum absolute atomic E-state index is 12.0. The van der Waals surface area contributed by atoms with Crippen molar-refractivity contribution in [3.05, 3.63) is 58.1 Å². The smallest absolute Gasteiger partial charge is 0.251 e. The first kappa shape index (κ1) is 19.0. The van der Waals surface area contributed by atoms with Gasteiger partial charge in [0.1, 0.15) is 5.75 Å². The maximum atomic E-state index is 12.0. The number of methoxy groups -OCH3 is 1. The van der Waals surface area contributed by atoms with E-state index in [1.807, 2.05) is 25.1 Å². The third-order valence-corrected chi connectivity index (χ3v) is 4.53. The fourth-order valence-corrected chi connectivity index (χ4v) is 2.57. The summed E-state index contributed by atoms with van der Waals surface area (Å²) >= 11 is 3.44. The maximum Gasteiger partial charge on any atom is 0.251 e. The highest BCUT2D eigenvalue weighted by Crippen LogP contribution is 2.20. The van der Waals surface area contributed by atoms with Crippen LogP contribution in [0.1, 0.15) is 28.8 Å². The highest BCUT2D eigenvalue weighted by atomic mass is 79.9. The fourth-order valence-electron chi connectivity index (χ4n) is 2.19. The first-order valence-corrected chi connectivity index (χ1v) is 8.77. The Balaban J connectivity index is 1.71. The van der Waals surface area contributed by atoms with E-state index in [9.17, 15) is 9.59 Å². The molecule has 0 aliphatic carbocycles. The van der Waals surface area contributed by atoms with Crippen LogP contribution in [-0.4, -0.2) is 25.5 Å². The lowest BCUT2D eigenvalue weighted by atomic mass is 10.2. The number of nitrogens with one attached hydrogen (secondary N) is 2. The van der Waals surface area contributed by atoms with Crippen molar-refractivity contribution in [2.45, 2.75) is 19.8 Å². The zero-order valence-corrected chi connectivity index (χ0v) is 15.9. The summed E-state index contributed by atoms with van der Waals surface area (Å²) in [5, 5.41) is 5.65. The van der Waals surface area contributed by atoms with Crippen LogP contribution < -0.4 is 15.4 Å². The van der Waals surface area contributed by atoms with E-state index >= 15 is 0 Å². The molecule has 0 saturated heterocycles. The van der Waals surface area contributed by atoms with Crippen molar-refractivity contribution in [3.63, 3.8) is 0 Å². The minimum absolute atomic E-state index is 0.0746. The molecule has 25 heavy (non-hydrogen) atoms. The number of amides is 2. The Kier molecular flexibility index (Phi) is 7.01. The molecule has 0 fully saturated rings. The predicted molar refractivity (Wildman–Crippen MR) is 102 cm³/mol. The van der Waals surface area contributed by atoms with Crippen LogP contribution in [0.2, 0.25) is 0 Å². The number of halogens is 1. The molecule has 0 unspecified atom stereocenters. The Hall–Kier alpha value is -2.34. The molecule has 2 rings (SSSR count). The number of rotatable bonds is 7. The Morgan fingerprint density at radius 3 is 2.48 bits per heavy atom. The van der Waals surface area contributed by atoms with Crippen LogP contribution in [0.4, 0.5) is 5.69 Å². The summed E-state index contributed by atoms with van der Waals surface area (Å²) in [5.41, 5.74) is 2.43. The minimum Gasteiger partial charge on any atom is -0.497 e. The number of benzene rings is 2. The molecule has 2 N–H and O–H groups in total. The van der Waals surface area contributed by atoms with Crippen LogP contribution in [0, 0.1) is 6.92 Å². The fraction of sp³-hybridized carbons (Fsp3) is 0.263. The molecule has 0 radical (unpaired) electrons. The van der Waals surface area contributed by atoms with Gasteiger partial charge in [-0.15, -0.1) is 0 Å². The molecule has 0 aromatic heterocycles. The van der Waals surface area contributed by atoms with Gasteiger partial charge in [0.15, 0.2) is 0 Å². The first-order valence-electron chi connectivity index (χ1n) is 7.98. The van der Waals surface area contributed by atoms with Gasteiger partial charge in [0.2, 0.25) is 5.91 Å². The van der Waals surface area contributed by atoms with Crippen LogP contribution in [0.5, 0.6) is 5.75 Å². The molecule has 0 atom stereocenters. The summed E-state index contributed by atoms with van der Waals surface area (Å²) in [6.07, 6.45) is 0.912. The summed E-state index contributed by atoms with van der Waals surface area (Å²) in [6.45, 7) is 2.43. The number of carbonyl (C=O) groups excluding carboxylic acids is 2. The first-order chi connectivity index (χ1) is 12.0. The SMILES string of the molecule is COc1ccc(C(=O)NCCCC(=O)Nc2ccc(C)c(Br)c2)cc1. The van der Waals surface area contributed by atoms with Crippen LogP contribution in [0.25, 0.3) is 0 Å². The van der Waals surface area contributed by atoms with Gasteiger partial charge in [-0.3, -0.25) is 9.59 Å². The van der Waals surface area contributed by atoms with Crippen LogP contribution >= 0.6 is 15.9 Å². The molecule has 2 aromatic rings. The highest BCUT2D eigenvalue weighted by molar-refractivity contribution is 9.10. The predicted octanol–water partition coefficient (Wildman–Crippen LogP) is 3.91. The van der Waals surface area contributed by atoms with E-state index in [0.29, 0.717) is 30.7 Å². The van der Waals surface area contributed by atoms with Gasteiger partial charge in [-0.1, -0.05) is 22.0 Å². The number of hydrogen-bond acceptors (Lipinski definition) is 3. The van der Waals surface area contributed by atoms with Crippen molar-refractivity contribution in [1.82, 2.24) is 5.32 Å². The monoisotopic (exact) mass is 404 g/mol. The second kappa shape index (κ2) is 9.22. The summed E-state index contributed by atoms with van der Waals surface area (Å²) < 4.78 is 6.01. The second-order valence-corrected chi connectivity index (χ2v) is 6.45. The largest absolute Gasteiger partial charge is 0.497 e. The lowest BCUT2D eigenvalue weighted by molar-refractivity contribution is -0.116. The molecule has 6 heteroatoms. The second-order valence-electron chi connectivity index (χ2n) is 5.60. The van der Waals surface area contributed by atoms with Crippen LogP contribution in [0.15, 0.2) is 46.9 Å². The molecule has 0 saturated carbocycles. The zero-order valence-electron chi connectivity index (χ0n) is 14.3. The Bertz CT molecular complexity index is 745. The lowest BCUT2D eigenvalue weighted by Gasteiger charge is -2.08. The molecule has 132 valence electrons. The summed E-state index contributed by atoms with van der Waals surface area (Å²) in [7, 11) is 1.58. The van der Waals surface area contributed by atoms with Gasteiger partial charge in [-0.05, 0) is 55.3 Å². The summed E-state index contributed by atoms with van der Waals surface area (Å²) in [4.78, 5) is 23.9. The molecule has 0 aliphatic heterocycles. The van der Waals surface area contributed by atoms with Gasteiger partial charge in [-0.25, -0.2) is 0 Å². The Morgan fingerprint density at radius 2 is 1.84 bits per heavy atom. The van der Waals surface area contributed by atoms with Gasteiger partial charge in [0.05, 0.1) is 7.11 Å². The highest BCUT2D eigenvalue weighted by Gasteiger charge is 2.07. The van der Waals surface area contributed by atoms with E-state index in [2.05, 4.69) is 26.6 Å². The molecule has 2 aromatic carbocycles. The Labute approximate surface area is 155 Å². The Morgan fingerprint density at radius 1 is 1.12 bits per heavy atom. The van der Waals surface area contributed by atoms with E-state index in [1.165, 1.54) is 0 Å². The molecular formula is C19H21BrN2O3.